The topological polar surface area (TPSA) is 15.8 Å². The Kier molecular flexibility index (Phi) is 1.45. The van der Waals surface area contributed by atoms with E-state index in [1.165, 1.54) is 36.6 Å². The number of hydrogen-bond donors (Lipinski definition) is 1. The molecule has 0 fully saturated rings. The molecule has 66 valence electrons. The molecule has 1 aromatic heterocycles. The van der Waals surface area contributed by atoms with E-state index in [2.05, 4.69) is 23.2 Å². The highest BCUT2D eigenvalue weighted by atomic mass is 14.7. The third-order valence-corrected chi connectivity index (χ3v) is 3.02. The van der Waals surface area contributed by atoms with Gasteiger partial charge in [-0.3, -0.25) is 0 Å². The molecule has 13 heavy (non-hydrogen) atoms. The molecule has 1 aliphatic carbocycles. The standard InChI is InChI=1S/C12H13N/c1-2-4-10-8-12-11(5-6-13-12)7-9(10)3-1/h5-8,13H,1-4H2. The Morgan fingerprint density at radius 1 is 1.00 bits per heavy atom. The predicted molar refractivity (Wildman–Crippen MR) is 54.9 cm³/mol. The summed E-state index contributed by atoms with van der Waals surface area (Å²) in [6.45, 7) is 0. The first kappa shape index (κ1) is 7.19. The first-order valence-electron chi connectivity index (χ1n) is 5.02. The lowest BCUT2D eigenvalue weighted by atomic mass is 9.91. The molecule has 0 aliphatic heterocycles. The van der Waals surface area contributed by atoms with E-state index in [0.717, 1.165) is 0 Å². The van der Waals surface area contributed by atoms with Gasteiger partial charge < -0.3 is 4.98 Å². The molecule has 3 rings (SSSR count). The zero-order chi connectivity index (χ0) is 8.67. The maximum Gasteiger partial charge on any atom is 0.0456 e. The smallest absolute Gasteiger partial charge is 0.0456 e. The number of nitrogens with one attached hydrogen (secondary N) is 1. The SMILES string of the molecule is c1cc2cc3c(cc2[nH]1)CCCC3. The van der Waals surface area contributed by atoms with Crippen molar-refractivity contribution in [1.82, 2.24) is 4.98 Å². The molecular formula is C12H13N. The zero-order valence-electron chi connectivity index (χ0n) is 7.64. The summed E-state index contributed by atoms with van der Waals surface area (Å²) in [5, 5.41) is 1.36. The highest BCUT2D eigenvalue weighted by molar-refractivity contribution is 5.81. The lowest BCUT2D eigenvalue weighted by Crippen LogP contribution is -2.01. The van der Waals surface area contributed by atoms with Crippen molar-refractivity contribution in [2.45, 2.75) is 25.7 Å². The summed E-state index contributed by atoms with van der Waals surface area (Å²) in [5.41, 5.74) is 4.42. The number of aryl methyl sites for hydroxylation is 2. The summed E-state index contributed by atoms with van der Waals surface area (Å²) >= 11 is 0. The predicted octanol–water partition coefficient (Wildman–Crippen LogP) is 3.05. The van der Waals surface area contributed by atoms with E-state index in [4.69, 9.17) is 0 Å². The largest absolute Gasteiger partial charge is 0.361 e. The Bertz CT molecular complexity index is 399. The average molecular weight is 171 g/mol. The Morgan fingerprint density at radius 3 is 2.62 bits per heavy atom. The van der Waals surface area contributed by atoms with Crippen LogP contribution in [0.2, 0.25) is 0 Å². The lowest BCUT2D eigenvalue weighted by molar-refractivity contribution is 0.687. The van der Waals surface area contributed by atoms with Gasteiger partial charge >= 0.3 is 0 Å². The van der Waals surface area contributed by atoms with Crippen LogP contribution in [0.1, 0.15) is 24.0 Å². The summed E-state index contributed by atoms with van der Waals surface area (Å²) in [5.74, 6) is 0. The van der Waals surface area contributed by atoms with Crippen molar-refractivity contribution < 1.29 is 0 Å². The summed E-state index contributed by atoms with van der Waals surface area (Å²) in [7, 11) is 0. The van der Waals surface area contributed by atoms with E-state index in [-0.39, 0.29) is 0 Å². The van der Waals surface area contributed by atoms with E-state index in [1.54, 1.807) is 11.1 Å². The molecule has 1 heteroatoms. The second kappa shape index (κ2) is 2.63. The molecule has 1 heterocycles. The van der Waals surface area contributed by atoms with Gasteiger partial charge in [0.05, 0.1) is 0 Å². The summed E-state index contributed by atoms with van der Waals surface area (Å²) in [6, 6.07) is 6.83. The fraction of sp³-hybridized carbons (Fsp3) is 0.333. The van der Waals surface area contributed by atoms with Gasteiger partial charge in [0.25, 0.3) is 0 Å². The minimum atomic E-state index is 1.27. The van der Waals surface area contributed by atoms with Gasteiger partial charge in [-0.05, 0) is 60.4 Å². The van der Waals surface area contributed by atoms with Gasteiger partial charge in [0.2, 0.25) is 0 Å². The molecule has 2 aromatic rings. The van der Waals surface area contributed by atoms with E-state index in [9.17, 15) is 0 Å². The fourth-order valence-corrected chi connectivity index (χ4v) is 2.29. The Labute approximate surface area is 77.8 Å². The molecule has 0 spiro atoms. The van der Waals surface area contributed by atoms with Gasteiger partial charge in [-0.1, -0.05) is 0 Å². The summed E-state index contributed by atoms with van der Waals surface area (Å²) in [4.78, 5) is 3.27. The minimum Gasteiger partial charge on any atom is -0.361 e. The third kappa shape index (κ3) is 1.07. The van der Waals surface area contributed by atoms with Gasteiger partial charge in [-0.15, -0.1) is 0 Å². The van der Waals surface area contributed by atoms with Gasteiger partial charge in [-0.2, -0.15) is 0 Å². The number of rotatable bonds is 0. The zero-order valence-corrected chi connectivity index (χ0v) is 7.64. The molecule has 0 radical (unpaired) electrons. The molecule has 1 nitrogen and oxygen atoms in total. The molecule has 0 bridgehead atoms. The summed E-state index contributed by atoms with van der Waals surface area (Å²) in [6.07, 6.45) is 7.29. The van der Waals surface area contributed by atoms with Crippen LogP contribution in [0, 0.1) is 0 Å². The molecule has 1 aliphatic rings. The number of aromatic nitrogens is 1. The lowest BCUT2D eigenvalue weighted by Gasteiger charge is -2.15. The molecule has 1 N–H and O–H groups in total. The van der Waals surface area contributed by atoms with Crippen molar-refractivity contribution in [3.8, 4) is 0 Å². The van der Waals surface area contributed by atoms with Crippen molar-refractivity contribution in [1.29, 1.82) is 0 Å². The van der Waals surface area contributed by atoms with E-state index in [1.807, 2.05) is 6.20 Å². The number of H-pyrrole nitrogens is 1. The van der Waals surface area contributed by atoms with Crippen LogP contribution in [0.5, 0.6) is 0 Å². The van der Waals surface area contributed by atoms with Crippen LogP contribution >= 0.6 is 0 Å². The quantitative estimate of drug-likeness (QED) is 0.627. The Hall–Kier alpha value is -1.24. The molecule has 0 amide bonds. The number of benzene rings is 1. The van der Waals surface area contributed by atoms with Gasteiger partial charge in [0.1, 0.15) is 0 Å². The number of aromatic amines is 1. The second-order valence-electron chi connectivity index (χ2n) is 3.89. The van der Waals surface area contributed by atoms with Gasteiger partial charge in [-0.25, -0.2) is 0 Å². The molecule has 0 unspecified atom stereocenters. The third-order valence-electron chi connectivity index (χ3n) is 3.02. The molecule has 1 aromatic carbocycles. The first-order valence-corrected chi connectivity index (χ1v) is 5.02. The van der Waals surface area contributed by atoms with Crippen LogP contribution in [0.25, 0.3) is 10.9 Å². The molecule has 0 atom stereocenters. The van der Waals surface area contributed by atoms with Crippen molar-refractivity contribution in [3.05, 3.63) is 35.5 Å². The Morgan fingerprint density at radius 2 is 1.77 bits per heavy atom. The van der Waals surface area contributed by atoms with Crippen molar-refractivity contribution in [2.24, 2.45) is 0 Å². The van der Waals surface area contributed by atoms with Crippen LogP contribution in [0.3, 0.4) is 0 Å². The van der Waals surface area contributed by atoms with Gasteiger partial charge in [0, 0.05) is 11.7 Å². The van der Waals surface area contributed by atoms with Crippen molar-refractivity contribution >= 4 is 10.9 Å². The number of hydrogen-bond acceptors (Lipinski definition) is 0. The van der Waals surface area contributed by atoms with Crippen LogP contribution in [0.15, 0.2) is 24.4 Å². The van der Waals surface area contributed by atoms with Crippen LogP contribution in [0.4, 0.5) is 0 Å². The van der Waals surface area contributed by atoms with E-state index in [0.29, 0.717) is 0 Å². The summed E-state index contributed by atoms with van der Waals surface area (Å²) < 4.78 is 0. The molecule has 0 saturated carbocycles. The molecule has 0 saturated heterocycles. The van der Waals surface area contributed by atoms with E-state index < -0.39 is 0 Å². The maximum absolute atomic E-state index is 3.27. The van der Waals surface area contributed by atoms with Crippen LogP contribution < -0.4 is 0 Å². The first-order chi connectivity index (χ1) is 6.43. The van der Waals surface area contributed by atoms with E-state index >= 15 is 0 Å². The highest BCUT2D eigenvalue weighted by Gasteiger charge is 2.09. The van der Waals surface area contributed by atoms with Crippen LogP contribution in [-0.2, 0) is 12.8 Å². The van der Waals surface area contributed by atoms with Crippen molar-refractivity contribution in [3.63, 3.8) is 0 Å². The van der Waals surface area contributed by atoms with Gasteiger partial charge in [0.15, 0.2) is 0 Å². The molecular weight excluding hydrogens is 158 g/mol. The monoisotopic (exact) mass is 171 g/mol. The van der Waals surface area contributed by atoms with Crippen LogP contribution in [-0.4, -0.2) is 4.98 Å². The maximum atomic E-state index is 3.27. The second-order valence-corrected chi connectivity index (χ2v) is 3.89. The highest BCUT2D eigenvalue weighted by Crippen LogP contribution is 2.25. The van der Waals surface area contributed by atoms with Crippen molar-refractivity contribution in [2.75, 3.05) is 0 Å². The number of fused-ring (bicyclic) bond motifs is 2. The normalized spacial score (nSPS) is 16.0. The Balaban J connectivity index is 2.28. The average Bonchev–Trinajstić information content (AvgIpc) is 2.61. The minimum absolute atomic E-state index is 1.27. The fourth-order valence-electron chi connectivity index (χ4n) is 2.29.